The average molecular weight is 477 g/mol. The van der Waals surface area contributed by atoms with Gasteiger partial charge in [-0.05, 0) is 60.1 Å². The first-order valence-electron chi connectivity index (χ1n) is 7.34. The first kappa shape index (κ1) is 22.1. The number of aromatic carboxylic acids is 1. The molecule has 0 aliphatic heterocycles. The second kappa shape index (κ2) is 10.4. The lowest BCUT2D eigenvalue weighted by atomic mass is 10.3. The molecule has 0 aliphatic rings. The summed E-state index contributed by atoms with van der Waals surface area (Å²) in [5.74, 6) is -1.03. The molecular formula is C16H12Cl3N5O2S2. The Kier molecular flexibility index (Phi) is 8.21. The average Bonchev–Trinajstić information content (AvgIpc) is 3.17. The van der Waals surface area contributed by atoms with Gasteiger partial charge in [0.2, 0.25) is 0 Å². The van der Waals surface area contributed by atoms with Crippen molar-refractivity contribution in [2.75, 3.05) is 16.4 Å². The molecule has 7 nitrogen and oxygen atoms in total. The molecule has 2 aromatic carbocycles. The van der Waals surface area contributed by atoms with E-state index >= 15 is 0 Å². The molecule has 0 saturated heterocycles. The van der Waals surface area contributed by atoms with Gasteiger partial charge in [-0.25, -0.2) is 4.79 Å². The normalized spacial score (nSPS) is 9.82. The highest BCUT2D eigenvalue weighted by Gasteiger charge is 2.07. The fourth-order valence-electron chi connectivity index (χ4n) is 1.75. The number of thiocarbonyl (C=S) groups is 1. The number of anilines is 3. The molecule has 0 unspecified atom stereocenters. The van der Waals surface area contributed by atoms with Crippen LogP contribution in [0.3, 0.4) is 0 Å². The number of carbonyl (C=O) groups is 1. The molecule has 0 aliphatic carbocycles. The van der Waals surface area contributed by atoms with Crippen molar-refractivity contribution >= 4 is 86.7 Å². The predicted octanol–water partition coefficient (Wildman–Crippen LogP) is 5.27. The number of nitrogens with one attached hydrogen (secondary N) is 2. The number of nitrogens with two attached hydrogens (primary N) is 1. The highest BCUT2D eigenvalue weighted by molar-refractivity contribution is 7.80. The maximum Gasteiger partial charge on any atom is 0.357 e. The molecule has 12 heteroatoms. The molecular weight excluding hydrogens is 465 g/mol. The lowest BCUT2D eigenvalue weighted by molar-refractivity contribution is 0.0690. The number of carboxylic acids is 1. The first-order valence-corrected chi connectivity index (χ1v) is 9.72. The molecule has 0 atom stereocenters. The van der Waals surface area contributed by atoms with Crippen LogP contribution in [0.2, 0.25) is 15.1 Å². The van der Waals surface area contributed by atoms with E-state index in [1.165, 1.54) is 5.38 Å². The Morgan fingerprint density at radius 2 is 1.64 bits per heavy atom. The van der Waals surface area contributed by atoms with Gasteiger partial charge in [0.1, 0.15) is 0 Å². The van der Waals surface area contributed by atoms with E-state index in [4.69, 9.17) is 57.9 Å². The molecule has 0 bridgehead atoms. The molecule has 3 aromatic rings. The summed E-state index contributed by atoms with van der Waals surface area (Å²) in [6.45, 7) is 0. The summed E-state index contributed by atoms with van der Waals surface area (Å²) in [6, 6.07) is 10.5. The van der Waals surface area contributed by atoms with Crippen LogP contribution < -0.4 is 16.4 Å². The van der Waals surface area contributed by atoms with Crippen LogP contribution in [-0.4, -0.2) is 25.8 Å². The molecule has 28 heavy (non-hydrogen) atoms. The predicted molar refractivity (Wildman–Crippen MR) is 119 cm³/mol. The fourth-order valence-corrected chi connectivity index (χ4v) is 3.01. The summed E-state index contributed by atoms with van der Waals surface area (Å²) < 4.78 is 3.35. The van der Waals surface area contributed by atoms with E-state index < -0.39 is 5.97 Å². The quantitative estimate of drug-likeness (QED) is 0.229. The minimum absolute atomic E-state index is 0.00926. The SMILES string of the molecule is Nc1ccc(NC(=S)Nc2cc(Cl)c(Cl)c(Cl)c2)cc1.O=C(O)c1csnn1. The zero-order chi connectivity index (χ0) is 20.7. The van der Waals surface area contributed by atoms with E-state index in [1.807, 2.05) is 12.1 Å². The summed E-state index contributed by atoms with van der Waals surface area (Å²) in [5.41, 5.74) is 7.78. The third kappa shape index (κ3) is 6.77. The van der Waals surface area contributed by atoms with Crippen LogP contribution in [0.25, 0.3) is 0 Å². The number of hydrogen-bond donors (Lipinski definition) is 4. The van der Waals surface area contributed by atoms with Crippen LogP contribution in [0.4, 0.5) is 17.1 Å². The van der Waals surface area contributed by atoms with Gasteiger partial charge in [0.15, 0.2) is 10.8 Å². The Morgan fingerprint density at radius 3 is 2.11 bits per heavy atom. The highest BCUT2D eigenvalue weighted by atomic mass is 35.5. The molecule has 1 aromatic heterocycles. The van der Waals surface area contributed by atoms with E-state index in [9.17, 15) is 4.79 Å². The second-order valence-corrected chi connectivity index (χ2v) is 7.26. The van der Waals surface area contributed by atoms with Gasteiger partial charge in [0.05, 0.1) is 15.1 Å². The third-order valence-corrected chi connectivity index (χ3v) is 4.89. The Hall–Kier alpha value is -2.17. The van der Waals surface area contributed by atoms with Crippen LogP contribution in [0, 0.1) is 0 Å². The Balaban J connectivity index is 0.000000292. The lowest BCUT2D eigenvalue weighted by Crippen LogP contribution is -2.19. The van der Waals surface area contributed by atoms with Crippen LogP contribution >= 0.6 is 58.6 Å². The van der Waals surface area contributed by atoms with E-state index in [-0.39, 0.29) is 5.69 Å². The zero-order valence-corrected chi connectivity index (χ0v) is 17.7. The molecule has 0 spiro atoms. The zero-order valence-electron chi connectivity index (χ0n) is 13.8. The lowest BCUT2D eigenvalue weighted by Gasteiger charge is -2.12. The van der Waals surface area contributed by atoms with Gasteiger partial charge in [-0.1, -0.05) is 39.3 Å². The van der Waals surface area contributed by atoms with Crippen molar-refractivity contribution in [3.8, 4) is 0 Å². The molecule has 5 N–H and O–H groups in total. The van der Waals surface area contributed by atoms with Crippen LogP contribution in [-0.2, 0) is 0 Å². The summed E-state index contributed by atoms with van der Waals surface area (Å²) in [4.78, 5) is 9.97. The summed E-state index contributed by atoms with van der Waals surface area (Å²) in [5, 5.41) is 20.3. The molecule has 1 heterocycles. The topological polar surface area (TPSA) is 113 Å². The Bertz CT molecular complexity index is 946. The molecule has 0 fully saturated rings. The van der Waals surface area contributed by atoms with Crippen molar-refractivity contribution < 1.29 is 9.90 Å². The Labute approximate surface area is 184 Å². The number of halogens is 3. The number of nitrogens with zero attached hydrogens (tertiary/aromatic N) is 2. The van der Waals surface area contributed by atoms with Gasteiger partial charge < -0.3 is 21.5 Å². The van der Waals surface area contributed by atoms with E-state index in [0.717, 1.165) is 17.2 Å². The first-order chi connectivity index (χ1) is 13.3. The monoisotopic (exact) mass is 475 g/mol. The number of benzene rings is 2. The molecule has 0 saturated carbocycles. The summed E-state index contributed by atoms with van der Waals surface area (Å²) in [6.07, 6.45) is 0. The number of aromatic nitrogens is 2. The van der Waals surface area contributed by atoms with Crippen LogP contribution in [0.5, 0.6) is 0 Å². The number of rotatable bonds is 3. The minimum Gasteiger partial charge on any atom is -0.476 e. The van der Waals surface area contributed by atoms with Crippen molar-refractivity contribution in [2.24, 2.45) is 0 Å². The number of nitrogen functional groups attached to an aromatic ring is 1. The van der Waals surface area contributed by atoms with Crippen molar-refractivity contribution in [2.45, 2.75) is 0 Å². The summed E-state index contributed by atoms with van der Waals surface area (Å²) >= 11 is 24.0. The van der Waals surface area contributed by atoms with Gasteiger partial charge in [0.25, 0.3) is 0 Å². The molecule has 146 valence electrons. The number of hydrogen-bond acceptors (Lipinski definition) is 6. The smallest absolute Gasteiger partial charge is 0.357 e. The number of carboxylic acid groups (broad SMARTS) is 1. The maximum absolute atomic E-state index is 9.97. The molecule has 3 rings (SSSR count). The molecule has 0 amide bonds. The van der Waals surface area contributed by atoms with Crippen LogP contribution in [0.15, 0.2) is 41.8 Å². The van der Waals surface area contributed by atoms with E-state index in [1.54, 1.807) is 24.3 Å². The van der Waals surface area contributed by atoms with Gasteiger partial charge >= 0.3 is 5.97 Å². The van der Waals surface area contributed by atoms with E-state index in [0.29, 0.717) is 31.6 Å². The van der Waals surface area contributed by atoms with Crippen molar-refractivity contribution in [1.29, 1.82) is 0 Å². The van der Waals surface area contributed by atoms with Crippen LogP contribution in [0.1, 0.15) is 10.5 Å². The second-order valence-electron chi connectivity index (χ2n) is 5.05. The molecule has 0 radical (unpaired) electrons. The van der Waals surface area contributed by atoms with Gasteiger partial charge in [0, 0.05) is 22.4 Å². The Morgan fingerprint density at radius 1 is 1.07 bits per heavy atom. The fraction of sp³-hybridized carbons (Fsp3) is 0. The van der Waals surface area contributed by atoms with Crippen molar-refractivity contribution in [1.82, 2.24) is 9.59 Å². The van der Waals surface area contributed by atoms with Crippen molar-refractivity contribution in [3.63, 3.8) is 0 Å². The minimum atomic E-state index is -1.03. The highest BCUT2D eigenvalue weighted by Crippen LogP contribution is 2.33. The van der Waals surface area contributed by atoms with Gasteiger partial charge in [-0.2, -0.15) is 0 Å². The largest absolute Gasteiger partial charge is 0.476 e. The van der Waals surface area contributed by atoms with Crippen molar-refractivity contribution in [3.05, 3.63) is 62.5 Å². The van der Waals surface area contributed by atoms with Gasteiger partial charge in [-0.3, -0.25) is 0 Å². The van der Waals surface area contributed by atoms with E-state index in [2.05, 4.69) is 20.2 Å². The standard InChI is InChI=1S/C13H10Cl3N3S.C3H2N2O2S/c14-10-5-9(6-11(15)12(10)16)19-13(20)18-8-3-1-7(17)2-4-8;6-3(7)2-1-8-5-4-2/h1-6H,17H2,(H2,18,19,20);1H,(H,6,7). The third-order valence-electron chi connectivity index (χ3n) is 2.99. The maximum atomic E-state index is 9.97. The summed E-state index contributed by atoms with van der Waals surface area (Å²) in [7, 11) is 0. The van der Waals surface area contributed by atoms with Gasteiger partial charge in [-0.15, -0.1) is 5.10 Å².